The Kier molecular flexibility index (Phi) is 4.00. The van der Waals surface area contributed by atoms with Crippen LogP contribution in [-0.4, -0.2) is 11.1 Å². The first-order valence-corrected chi connectivity index (χ1v) is 5.61. The van der Waals surface area contributed by atoms with Crippen molar-refractivity contribution < 1.29 is 4.79 Å². The Morgan fingerprint density at radius 3 is 2.85 bits per heavy atom. The third-order valence-electron chi connectivity index (χ3n) is 1.77. The first-order chi connectivity index (χ1) is 6.15. The molecule has 0 atom stereocenters. The van der Waals surface area contributed by atoms with Crippen LogP contribution in [0.25, 0.3) is 0 Å². The molecule has 0 saturated heterocycles. The van der Waals surface area contributed by atoms with Gasteiger partial charge < -0.3 is 0 Å². The van der Waals surface area contributed by atoms with Gasteiger partial charge in [-0.15, -0.1) is 12.6 Å². The van der Waals surface area contributed by atoms with Crippen LogP contribution < -0.4 is 0 Å². The normalized spacial score (nSPS) is 10.1. The zero-order valence-electron chi connectivity index (χ0n) is 7.38. The fourth-order valence-electron chi connectivity index (χ4n) is 1.09. The van der Waals surface area contributed by atoms with Gasteiger partial charge in [0.25, 0.3) is 0 Å². The van der Waals surface area contributed by atoms with Gasteiger partial charge >= 0.3 is 0 Å². The zero-order valence-corrected chi connectivity index (χ0v) is 9.86. The highest BCUT2D eigenvalue weighted by atomic mass is 79.9. The lowest BCUT2D eigenvalue weighted by Gasteiger charge is -2.03. The van der Waals surface area contributed by atoms with Gasteiger partial charge in [-0.1, -0.05) is 27.6 Å². The summed E-state index contributed by atoms with van der Waals surface area (Å²) in [6.45, 7) is 1.97. The van der Waals surface area contributed by atoms with E-state index >= 15 is 0 Å². The fourth-order valence-corrected chi connectivity index (χ4v) is 1.72. The van der Waals surface area contributed by atoms with Gasteiger partial charge in [-0.3, -0.25) is 4.79 Å². The van der Waals surface area contributed by atoms with Gasteiger partial charge in [-0.2, -0.15) is 0 Å². The van der Waals surface area contributed by atoms with E-state index in [4.69, 9.17) is 0 Å². The Bertz CT molecular complexity index is 323. The largest absolute Gasteiger partial charge is 0.294 e. The van der Waals surface area contributed by atoms with Crippen LogP contribution in [0.1, 0.15) is 22.3 Å². The third kappa shape index (κ3) is 2.85. The van der Waals surface area contributed by atoms with Crippen molar-refractivity contribution in [1.29, 1.82) is 0 Å². The molecule has 13 heavy (non-hydrogen) atoms. The second kappa shape index (κ2) is 4.82. The van der Waals surface area contributed by atoms with E-state index in [9.17, 15) is 4.79 Å². The predicted molar refractivity (Wildman–Crippen MR) is 61.2 cm³/mol. The lowest BCUT2D eigenvalue weighted by Crippen LogP contribution is -2.01. The van der Waals surface area contributed by atoms with E-state index in [1.165, 1.54) is 0 Å². The zero-order chi connectivity index (χ0) is 9.84. The van der Waals surface area contributed by atoms with Crippen LogP contribution in [0.3, 0.4) is 0 Å². The smallest absolute Gasteiger partial charge is 0.164 e. The van der Waals surface area contributed by atoms with Crippen LogP contribution in [0, 0.1) is 6.92 Å². The van der Waals surface area contributed by atoms with E-state index in [2.05, 4.69) is 28.6 Å². The number of hydrogen-bond donors (Lipinski definition) is 1. The van der Waals surface area contributed by atoms with E-state index in [0.717, 1.165) is 16.0 Å². The van der Waals surface area contributed by atoms with Gasteiger partial charge in [0.2, 0.25) is 0 Å². The Morgan fingerprint density at radius 2 is 2.23 bits per heavy atom. The Balaban J connectivity index is 2.99. The number of hydrogen-bond acceptors (Lipinski definition) is 2. The van der Waals surface area contributed by atoms with Gasteiger partial charge in [0, 0.05) is 22.2 Å². The number of Topliss-reactive ketones (excluding diaryl/α,β-unsaturated/α-hetero) is 1. The van der Waals surface area contributed by atoms with Crippen molar-refractivity contribution in [2.24, 2.45) is 0 Å². The lowest BCUT2D eigenvalue weighted by atomic mass is 10.1. The molecule has 1 aromatic rings. The molecule has 0 unspecified atom stereocenters. The lowest BCUT2D eigenvalue weighted by molar-refractivity contribution is 0.0987. The molecule has 70 valence electrons. The maximum atomic E-state index is 11.5. The monoisotopic (exact) mass is 258 g/mol. The number of rotatable bonds is 3. The molecule has 0 heterocycles. The summed E-state index contributed by atoms with van der Waals surface area (Å²) < 4.78 is 0. The van der Waals surface area contributed by atoms with Crippen molar-refractivity contribution in [3.8, 4) is 0 Å². The number of thiol groups is 1. The summed E-state index contributed by atoms with van der Waals surface area (Å²) in [5.74, 6) is 0.144. The Morgan fingerprint density at radius 1 is 1.54 bits per heavy atom. The minimum atomic E-state index is 0.144. The number of carbonyl (C=O) groups excluding carboxylic acids is 1. The van der Waals surface area contributed by atoms with Crippen molar-refractivity contribution in [2.75, 3.05) is 5.33 Å². The van der Waals surface area contributed by atoms with Crippen LogP contribution in [0.2, 0.25) is 0 Å². The van der Waals surface area contributed by atoms with Crippen LogP contribution in [0.15, 0.2) is 23.1 Å². The minimum Gasteiger partial charge on any atom is -0.294 e. The van der Waals surface area contributed by atoms with Gasteiger partial charge in [-0.25, -0.2) is 0 Å². The third-order valence-corrected chi connectivity index (χ3v) is 2.56. The molecule has 0 bridgehead atoms. The number of alkyl halides is 1. The van der Waals surface area contributed by atoms with Gasteiger partial charge in [-0.05, 0) is 19.1 Å². The van der Waals surface area contributed by atoms with Gasteiger partial charge in [0.05, 0.1) is 0 Å². The second-order valence-corrected chi connectivity index (χ2v) is 4.16. The molecule has 0 fully saturated rings. The van der Waals surface area contributed by atoms with Gasteiger partial charge in [0.1, 0.15) is 0 Å². The van der Waals surface area contributed by atoms with Crippen molar-refractivity contribution in [3.63, 3.8) is 0 Å². The van der Waals surface area contributed by atoms with Crippen molar-refractivity contribution in [3.05, 3.63) is 29.3 Å². The average Bonchev–Trinajstić information content (AvgIpc) is 2.09. The van der Waals surface area contributed by atoms with Crippen molar-refractivity contribution in [2.45, 2.75) is 18.2 Å². The molecule has 1 aromatic carbocycles. The van der Waals surface area contributed by atoms with Crippen LogP contribution in [0.5, 0.6) is 0 Å². The molecule has 0 spiro atoms. The molecule has 0 radical (unpaired) electrons. The summed E-state index contributed by atoms with van der Waals surface area (Å²) in [7, 11) is 0. The van der Waals surface area contributed by atoms with Crippen molar-refractivity contribution in [1.82, 2.24) is 0 Å². The highest BCUT2D eigenvalue weighted by Gasteiger charge is 2.08. The standard InChI is InChI=1S/C10H11BrOS/c1-7-2-3-10(13)8(6-7)9(12)4-5-11/h2-3,6,13H,4-5H2,1H3. The maximum Gasteiger partial charge on any atom is 0.164 e. The van der Waals surface area contributed by atoms with Gasteiger partial charge in [0.15, 0.2) is 5.78 Å². The predicted octanol–water partition coefficient (Wildman–Crippen LogP) is 3.25. The Hall–Kier alpha value is -0.280. The number of ketones is 1. The molecule has 1 rings (SSSR count). The molecule has 0 saturated carbocycles. The highest BCUT2D eigenvalue weighted by Crippen LogP contribution is 2.17. The molecular weight excluding hydrogens is 248 g/mol. The average molecular weight is 259 g/mol. The molecule has 0 aliphatic rings. The molecule has 0 aliphatic heterocycles. The number of aryl methyl sites for hydroxylation is 1. The molecule has 0 aliphatic carbocycles. The second-order valence-electron chi connectivity index (χ2n) is 2.88. The van der Waals surface area contributed by atoms with E-state index < -0.39 is 0 Å². The quantitative estimate of drug-likeness (QED) is 0.501. The Labute approximate surface area is 92.1 Å². The van der Waals surface area contributed by atoms with Crippen LogP contribution in [0.4, 0.5) is 0 Å². The van der Waals surface area contributed by atoms with Crippen LogP contribution >= 0.6 is 28.6 Å². The summed E-state index contributed by atoms with van der Waals surface area (Å²) in [6, 6.07) is 5.69. The summed E-state index contributed by atoms with van der Waals surface area (Å²) in [4.78, 5) is 12.3. The minimum absolute atomic E-state index is 0.144. The highest BCUT2D eigenvalue weighted by molar-refractivity contribution is 9.09. The first kappa shape index (κ1) is 10.8. The molecule has 0 N–H and O–H groups in total. The maximum absolute atomic E-state index is 11.5. The number of benzene rings is 1. The number of halogens is 1. The molecule has 0 amide bonds. The first-order valence-electron chi connectivity index (χ1n) is 4.04. The topological polar surface area (TPSA) is 17.1 Å². The molecule has 0 aromatic heterocycles. The molecular formula is C10H11BrOS. The summed E-state index contributed by atoms with van der Waals surface area (Å²) >= 11 is 7.49. The van der Waals surface area contributed by atoms with E-state index in [1.807, 2.05) is 25.1 Å². The summed E-state index contributed by atoms with van der Waals surface area (Å²) in [6.07, 6.45) is 0.525. The summed E-state index contributed by atoms with van der Waals surface area (Å²) in [5, 5.41) is 0.701. The molecule has 1 nitrogen and oxygen atoms in total. The number of carbonyl (C=O) groups is 1. The summed E-state index contributed by atoms with van der Waals surface area (Å²) in [5.41, 5.74) is 1.82. The SMILES string of the molecule is Cc1ccc(S)c(C(=O)CCBr)c1. The van der Waals surface area contributed by atoms with E-state index in [0.29, 0.717) is 11.8 Å². The van der Waals surface area contributed by atoms with E-state index in [1.54, 1.807) is 0 Å². The van der Waals surface area contributed by atoms with Crippen LogP contribution in [-0.2, 0) is 0 Å². The van der Waals surface area contributed by atoms with E-state index in [-0.39, 0.29) is 5.78 Å². The fraction of sp³-hybridized carbons (Fsp3) is 0.300. The molecule has 3 heteroatoms. The van der Waals surface area contributed by atoms with Crippen molar-refractivity contribution >= 4 is 34.3 Å².